The highest BCUT2D eigenvalue weighted by atomic mass is 35.5. The number of rotatable bonds is 4. The maximum atomic E-state index is 10.4. The van der Waals surface area contributed by atoms with E-state index in [1.54, 1.807) is 38.5 Å². The summed E-state index contributed by atoms with van der Waals surface area (Å²) in [6.45, 7) is 0. The van der Waals surface area contributed by atoms with Gasteiger partial charge in [0.1, 0.15) is 17.6 Å². The average molecular weight is 285 g/mol. The van der Waals surface area contributed by atoms with E-state index in [1.165, 1.54) is 11.3 Å². The molecular formula is C13H13ClO3S. The van der Waals surface area contributed by atoms with Crippen molar-refractivity contribution in [2.45, 2.75) is 6.10 Å². The third-order valence-electron chi connectivity index (χ3n) is 2.62. The van der Waals surface area contributed by atoms with Crippen LogP contribution in [0.15, 0.2) is 29.6 Å². The minimum atomic E-state index is -0.817. The Labute approximate surface area is 115 Å². The van der Waals surface area contributed by atoms with Crippen molar-refractivity contribution < 1.29 is 14.6 Å². The first-order valence-electron chi connectivity index (χ1n) is 5.30. The van der Waals surface area contributed by atoms with Gasteiger partial charge in [-0.1, -0.05) is 11.6 Å². The lowest BCUT2D eigenvalue weighted by Crippen LogP contribution is -2.01. The maximum Gasteiger partial charge on any atom is 0.125 e. The van der Waals surface area contributed by atoms with Crippen LogP contribution < -0.4 is 9.47 Å². The normalized spacial score (nSPS) is 12.2. The molecule has 2 rings (SSSR count). The zero-order valence-corrected chi connectivity index (χ0v) is 11.6. The fourth-order valence-electron chi connectivity index (χ4n) is 1.69. The van der Waals surface area contributed by atoms with Crippen LogP contribution in [0.5, 0.6) is 11.5 Å². The van der Waals surface area contributed by atoms with E-state index in [4.69, 9.17) is 21.1 Å². The van der Waals surface area contributed by atoms with Crippen LogP contribution in [0.4, 0.5) is 0 Å². The van der Waals surface area contributed by atoms with E-state index in [0.29, 0.717) is 27.0 Å². The molecule has 3 nitrogen and oxygen atoms in total. The third-order valence-corrected chi connectivity index (χ3v) is 4.04. The largest absolute Gasteiger partial charge is 0.497 e. The smallest absolute Gasteiger partial charge is 0.125 e. The highest BCUT2D eigenvalue weighted by molar-refractivity contribution is 7.10. The fourth-order valence-corrected chi connectivity index (χ4v) is 2.86. The minimum absolute atomic E-state index is 0.553. The summed E-state index contributed by atoms with van der Waals surface area (Å²) >= 11 is 7.44. The van der Waals surface area contributed by atoms with Crippen LogP contribution in [-0.2, 0) is 0 Å². The van der Waals surface area contributed by atoms with Crippen molar-refractivity contribution in [1.82, 2.24) is 0 Å². The van der Waals surface area contributed by atoms with Crippen LogP contribution in [-0.4, -0.2) is 19.3 Å². The Morgan fingerprint density at radius 3 is 2.56 bits per heavy atom. The molecule has 0 aliphatic carbocycles. The third kappa shape index (κ3) is 2.46. The van der Waals surface area contributed by atoms with Gasteiger partial charge in [-0.25, -0.2) is 0 Å². The predicted molar refractivity (Wildman–Crippen MR) is 72.9 cm³/mol. The average Bonchev–Trinajstić information content (AvgIpc) is 2.83. The summed E-state index contributed by atoms with van der Waals surface area (Å²) in [4.78, 5) is 0.697. The van der Waals surface area contributed by atoms with Crippen LogP contribution in [0.3, 0.4) is 0 Å². The molecule has 18 heavy (non-hydrogen) atoms. The van der Waals surface area contributed by atoms with Crippen molar-refractivity contribution in [1.29, 1.82) is 0 Å². The number of methoxy groups -OCH3 is 2. The number of hydrogen-bond acceptors (Lipinski definition) is 4. The molecule has 0 aliphatic heterocycles. The Bertz CT molecular complexity index is 539. The first-order chi connectivity index (χ1) is 8.67. The van der Waals surface area contributed by atoms with Gasteiger partial charge in [-0.15, -0.1) is 11.3 Å². The molecular weight excluding hydrogens is 272 g/mol. The second-order valence-electron chi connectivity index (χ2n) is 3.64. The van der Waals surface area contributed by atoms with E-state index in [-0.39, 0.29) is 0 Å². The van der Waals surface area contributed by atoms with Gasteiger partial charge in [0.25, 0.3) is 0 Å². The second kappa shape index (κ2) is 5.61. The van der Waals surface area contributed by atoms with Gasteiger partial charge >= 0.3 is 0 Å². The number of aliphatic hydroxyl groups is 1. The summed E-state index contributed by atoms with van der Waals surface area (Å²) in [6.07, 6.45) is -0.817. The van der Waals surface area contributed by atoms with E-state index >= 15 is 0 Å². The first-order valence-corrected chi connectivity index (χ1v) is 6.56. The number of ether oxygens (including phenoxy) is 2. The van der Waals surface area contributed by atoms with Gasteiger partial charge in [0, 0.05) is 5.56 Å². The molecule has 1 unspecified atom stereocenters. The van der Waals surface area contributed by atoms with Crippen LogP contribution in [0.2, 0.25) is 5.02 Å². The lowest BCUT2D eigenvalue weighted by Gasteiger charge is -2.15. The molecule has 96 valence electrons. The molecule has 0 saturated carbocycles. The van der Waals surface area contributed by atoms with Gasteiger partial charge in [0.05, 0.1) is 24.1 Å². The summed E-state index contributed by atoms with van der Waals surface area (Å²) in [5, 5.41) is 12.8. The van der Waals surface area contributed by atoms with Crippen LogP contribution in [0.25, 0.3) is 0 Å². The van der Waals surface area contributed by atoms with Crippen LogP contribution in [0, 0.1) is 0 Å². The summed E-state index contributed by atoms with van der Waals surface area (Å²) in [5.74, 6) is 1.27. The number of benzene rings is 1. The van der Waals surface area contributed by atoms with Gasteiger partial charge in [-0.2, -0.15) is 0 Å². The quantitative estimate of drug-likeness (QED) is 0.934. The van der Waals surface area contributed by atoms with E-state index in [2.05, 4.69) is 0 Å². The maximum absolute atomic E-state index is 10.4. The van der Waals surface area contributed by atoms with E-state index in [0.717, 1.165) is 0 Å². The van der Waals surface area contributed by atoms with Crippen molar-refractivity contribution in [2.75, 3.05) is 14.2 Å². The second-order valence-corrected chi connectivity index (χ2v) is 5.00. The summed E-state index contributed by atoms with van der Waals surface area (Å²) in [7, 11) is 3.14. The van der Waals surface area contributed by atoms with Crippen molar-refractivity contribution in [3.05, 3.63) is 45.1 Å². The Hall–Kier alpha value is -1.23. The zero-order chi connectivity index (χ0) is 13.1. The molecule has 1 atom stereocenters. The van der Waals surface area contributed by atoms with Gasteiger partial charge in [0.15, 0.2) is 0 Å². The SMILES string of the molecule is COc1ccc(OC)c(C(O)c2sccc2Cl)c1. The molecule has 1 aromatic carbocycles. The topological polar surface area (TPSA) is 38.7 Å². The zero-order valence-electron chi connectivity index (χ0n) is 10.0. The van der Waals surface area contributed by atoms with E-state index in [9.17, 15) is 5.11 Å². The molecule has 1 aromatic heterocycles. The Kier molecular flexibility index (Phi) is 4.11. The predicted octanol–water partition coefficient (Wildman–Crippen LogP) is 3.50. The van der Waals surface area contributed by atoms with E-state index < -0.39 is 6.10 Å². The Balaban J connectivity index is 2.45. The molecule has 0 fully saturated rings. The Morgan fingerprint density at radius 2 is 2.00 bits per heavy atom. The van der Waals surface area contributed by atoms with Crippen LogP contribution >= 0.6 is 22.9 Å². The minimum Gasteiger partial charge on any atom is -0.497 e. The number of halogens is 1. The van der Waals surface area contributed by atoms with Crippen molar-refractivity contribution in [3.8, 4) is 11.5 Å². The molecule has 1 heterocycles. The van der Waals surface area contributed by atoms with Gasteiger partial charge in [-0.3, -0.25) is 0 Å². The molecule has 1 N–H and O–H groups in total. The lowest BCUT2D eigenvalue weighted by atomic mass is 10.1. The Morgan fingerprint density at radius 1 is 1.22 bits per heavy atom. The number of aliphatic hydroxyl groups excluding tert-OH is 1. The lowest BCUT2D eigenvalue weighted by molar-refractivity contribution is 0.218. The monoisotopic (exact) mass is 284 g/mol. The van der Waals surface area contributed by atoms with E-state index in [1.807, 2.05) is 5.38 Å². The summed E-state index contributed by atoms with van der Waals surface area (Å²) in [5.41, 5.74) is 0.640. The molecule has 0 aliphatic rings. The highest BCUT2D eigenvalue weighted by Crippen LogP contribution is 2.38. The molecule has 2 aromatic rings. The van der Waals surface area contributed by atoms with Crippen molar-refractivity contribution in [3.63, 3.8) is 0 Å². The van der Waals surface area contributed by atoms with Gasteiger partial charge < -0.3 is 14.6 Å². The fraction of sp³-hybridized carbons (Fsp3) is 0.231. The number of thiophene rings is 1. The molecule has 0 saturated heterocycles. The molecule has 0 radical (unpaired) electrons. The number of hydrogen-bond donors (Lipinski definition) is 1. The molecule has 0 amide bonds. The van der Waals surface area contributed by atoms with Gasteiger partial charge in [-0.05, 0) is 29.6 Å². The standard InChI is InChI=1S/C13H13ClO3S/c1-16-8-3-4-11(17-2)9(7-8)12(15)13-10(14)5-6-18-13/h3-7,12,15H,1-2H3. The highest BCUT2D eigenvalue weighted by Gasteiger charge is 2.20. The van der Waals surface area contributed by atoms with Crippen LogP contribution in [0.1, 0.15) is 16.5 Å². The molecule has 0 bridgehead atoms. The van der Waals surface area contributed by atoms with Gasteiger partial charge in [0.2, 0.25) is 0 Å². The molecule has 0 spiro atoms. The first kappa shape index (κ1) is 13.2. The van der Waals surface area contributed by atoms with Crippen molar-refractivity contribution >= 4 is 22.9 Å². The summed E-state index contributed by atoms with van der Waals surface area (Å²) in [6, 6.07) is 7.06. The summed E-state index contributed by atoms with van der Waals surface area (Å²) < 4.78 is 10.4. The van der Waals surface area contributed by atoms with Crippen molar-refractivity contribution in [2.24, 2.45) is 0 Å². The molecule has 5 heteroatoms.